The van der Waals surface area contributed by atoms with Crippen molar-refractivity contribution in [2.24, 2.45) is 0 Å². The zero-order valence-electron chi connectivity index (χ0n) is 17.1. The molecule has 4 rings (SSSR count). The number of anilines is 1. The minimum absolute atomic E-state index is 0.103. The van der Waals surface area contributed by atoms with E-state index in [1.165, 1.54) is 15.9 Å². The van der Waals surface area contributed by atoms with Crippen molar-refractivity contribution in [3.8, 4) is 11.5 Å². The van der Waals surface area contributed by atoms with E-state index < -0.39 is 23.8 Å². The maximum Gasteiger partial charge on any atom is 0.416 e. The molecule has 1 saturated heterocycles. The normalized spacial score (nSPS) is 16.1. The number of halogens is 4. The van der Waals surface area contributed by atoms with Gasteiger partial charge in [-0.1, -0.05) is 23.7 Å². The molecule has 33 heavy (non-hydrogen) atoms. The molecule has 1 heterocycles. The van der Waals surface area contributed by atoms with Crippen molar-refractivity contribution in [3.05, 3.63) is 100 Å². The van der Waals surface area contributed by atoms with Gasteiger partial charge < -0.3 is 4.74 Å². The molecule has 1 fully saturated rings. The van der Waals surface area contributed by atoms with E-state index in [2.05, 4.69) is 4.85 Å². The van der Waals surface area contributed by atoms with Gasteiger partial charge in [-0.2, -0.15) is 13.2 Å². The van der Waals surface area contributed by atoms with E-state index in [1.54, 1.807) is 54.6 Å². The SMILES string of the molecule is [C-]#[N+]CN1C[C@H](c2cccc(C(F)(F)F)c2)N(c2ccc(Oc3ccc(Cl)cc3)cc2)C1=O. The van der Waals surface area contributed by atoms with Crippen LogP contribution in [-0.2, 0) is 6.18 Å². The Balaban J connectivity index is 1.64. The molecule has 1 atom stereocenters. The number of benzene rings is 3. The monoisotopic (exact) mass is 471 g/mol. The standard InChI is InChI=1S/C24H17ClF3N3O2/c1-29-15-30-14-22(16-3-2-4-17(13-16)24(26,27)28)31(23(30)32)19-7-11-21(12-8-19)33-20-9-5-18(25)6-10-20/h2-13,22H,14-15H2/t22-/m1/s1. The average molecular weight is 472 g/mol. The molecule has 1 aliphatic rings. The number of carbonyl (C=O) groups is 1. The van der Waals surface area contributed by atoms with E-state index in [0.29, 0.717) is 27.8 Å². The second-order valence-electron chi connectivity index (χ2n) is 7.36. The zero-order chi connectivity index (χ0) is 23.6. The lowest BCUT2D eigenvalue weighted by Crippen LogP contribution is -2.32. The van der Waals surface area contributed by atoms with E-state index in [-0.39, 0.29) is 13.2 Å². The number of alkyl halides is 3. The third-order valence-corrected chi connectivity index (χ3v) is 5.44. The summed E-state index contributed by atoms with van der Waals surface area (Å²) in [7, 11) is 0. The fourth-order valence-corrected chi connectivity index (χ4v) is 3.76. The predicted octanol–water partition coefficient (Wildman–Crippen LogP) is 7.01. The molecule has 3 aromatic rings. The van der Waals surface area contributed by atoms with Gasteiger partial charge in [-0.3, -0.25) is 14.6 Å². The highest BCUT2D eigenvalue weighted by Gasteiger charge is 2.41. The van der Waals surface area contributed by atoms with Crippen LogP contribution in [0.1, 0.15) is 17.2 Å². The Hall–Kier alpha value is -3.70. The molecule has 0 aromatic heterocycles. The summed E-state index contributed by atoms with van der Waals surface area (Å²) in [6, 6.07) is 17.3. The first-order valence-corrected chi connectivity index (χ1v) is 10.3. The van der Waals surface area contributed by atoms with Gasteiger partial charge in [0.2, 0.25) is 0 Å². The molecular formula is C24H17ClF3N3O2. The van der Waals surface area contributed by atoms with Crippen LogP contribution in [0.3, 0.4) is 0 Å². The molecule has 0 bridgehead atoms. The summed E-state index contributed by atoms with van der Waals surface area (Å²) in [6.45, 7) is 7.03. The van der Waals surface area contributed by atoms with Gasteiger partial charge in [0.1, 0.15) is 11.5 Å². The van der Waals surface area contributed by atoms with Crippen LogP contribution in [0.2, 0.25) is 5.02 Å². The Bertz CT molecular complexity index is 1190. The van der Waals surface area contributed by atoms with Crippen molar-refractivity contribution in [1.29, 1.82) is 0 Å². The first-order valence-electron chi connectivity index (χ1n) is 9.88. The third-order valence-electron chi connectivity index (χ3n) is 5.19. The minimum atomic E-state index is -4.50. The first-order chi connectivity index (χ1) is 15.8. The van der Waals surface area contributed by atoms with Gasteiger partial charge in [0.05, 0.1) is 18.2 Å². The van der Waals surface area contributed by atoms with E-state index in [0.717, 1.165) is 12.1 Å². The summed E-state index contributed by atoms with van der Waals surface area (Å²) in [5, 5.41) is 0.579. The van der Waals surface area contributed by atoms with Crippen molar-refractivity contribution in [1.82, 2.24) is 4.90 Å². The van der Waals surface area contributed by atoms with E-state index in [9.17, 15) is 18.0 Å². The van der Waals surface area contributed by atoms with Crippen LogP contribution in [-0.4, -0.2) is 24.1 Å². The summed E-state index contributed by atoms with van der Waals surface area (Å²) < 4.78 is 45.5. The van der Waals surface area contributed by atoms with Crippen molar-refractivity contribution in [2.75, 3.05) is 18.1 Å². The number of amides is 2. The molecule has 0 N–H and O–H groups in total. The molecule has 1 aliphatic heterocycles. The van der Waals surface area contributed by atoms with E-state index in [4.69, 9.17) is 22.9 Å². The summed E-state index contributed by atoms with van der Waals surface area (Å²) in [5.41, 5.74) is 0.0354. The molecule has 9 heteroatoms. The Kier molecular flexibility index (Phi) is 6.16. The van der Waals surface area contributed by atoms with Gasteiger partial charge in [-0.25, -0.2) is 11.4 Å². The molecule has 0 aliphatic carbocycles. The van der Waals surface area contributed by atoms with Crippen molar-refractivity contribution in [2.45, 2.75) is 12.2 Å². The number of hydrogen-bond acceptors (Lipinski definition) is 2. The van der Waals surface area contributed by atoms with Crippen LogP contribution < -0.4 is 9.64 Å². The number of carbonyl (C=O) groups excluding carboxylic acids is 1. The fraction of sp³-hybridized carbons (Fsp3) is 0.167. The van der Waals surface area contributed by atoms with Gasteiger partial charge in [0.25, 0.3) is 6.67 Å². The summed E-state index contributed by atoms with van der Waals surface area (Å²) in [4.78, 5) is 19.0. The second kappa shape index (κ2) is 9.04. The van der Waals surface area contributed by atoms with Crippen LogP contribution in [0, 0.1) is 6.57 Å². The zero-order valence-corrected chi connectivity index (χ0v) is 17.8. The van der Waals surface area contributed by atoms with Crippen LogP contribution >= 0.6 is 11.6 Å². The van der Waals surface area contributed by atoms with E-state index >= 15 is 0 Å². The first kappa shape index (κ1) is 22.5. The lowest BCUT2D eigenvalue weighted by atomic mass is 10.0. The maximum absolute atomic E-state index is 13.2. The predicted molar refractivity (Wildman–Crippen MR) is 118 cm³/mol. The second-order valence-corrected chi connectivity index (χ2v) is 7.80. The highest BCUT2D eigenvalue weighted by molar-refractivity contribution is 6.30. The molecule has 168 valence electrons. The summed E-state index contributed by atoms with van der Waals surface area (Å²) in [6.07, 6.45) is -4.50. The minimum Gasteiger partial charge on any atom is -0.457 e. The Labute approximate surface area is 193 Å². The molecule has 0 unspecified atom stereocenters. The molecular weight excluding hydrogens is 455 g/mol. The number of urea groups is 1. The Morgan fingerprint density at radius 1 is 1.03 bits per heavy atom. The maximum atomic E-state index is 13.2. The van der Waals surface area contributed by atoms with Crippen molar-refractivity contribution >= 4 is 23.3 Å². The van der Waals surface area contributed by atoms with Gasteiger partial charge in [0.15, 0.2) is 0 Å². The largest absolute Gasteiger partial charge is 0.457 e. The van der Waals surface area contributed by atoms with Gasteiger partial charge in [0, 0.05) is 10.7 Å². The molecule has 2 amide bonds. The van der Waals surface area contributed by atoms with E-state index in [1.807, 2.05) is 0 Å². The molecule has 0 radical (unpaired) electrons. The van der Waals surface area contributed by atoms with Crippen LogP contribution in [0.15, 0.2) is 72.8 Å². The van der Waals surface area contributed by atoms with Crippen LogP contribution in [0.4, 0.5) is 23.7 Å². The van der Waals surface area contributed by atoms with Crippen molar-refractivity contribution in [3.63, 3.8) is 0 Å². The van der Waals surface area contributed by atoms with Gasteiger partial charge >= 0.3 is 12.2 Å². The van der Waals surface area contributed by atoms with Crippen molar-refractivity contribution < 1.29 is 22.7 Å². The van der Waals surface area contributed by atoms with Crippen LogP contribution in [0.25, 0.3) is 4.85 Å². The number of hydrogen-bond donors (Lipinski definition) is 0. The number of rotatable bonds is 5. The Morgan fingerprint density at radius 3 is 2.27 bits per heavy atom. The highest BCUT2D eigenvalue weighted by atomic mass is 35.5. The summed E-state index contributed by atoms with van der Waals surface area (Å²) in [5.74, 6) is 1.09. The Morgan fingerprint density at radius 2 is 1.67 bits per heavy atom. The van der Waals surface area contributed by atoms with Gasteiger partial charge in [-0.15, -0.1) is 0 Å². The smallest absolute Gasteiger partial charge is 0.416 e. The molecule has 0 saturated carbocycles. The summed E-state index contributed by atoms with van der Waals surface area (Å²) >= 11 is 5.88. The van der Waals surface area contributed by atoms with Crippen LogP contribution in [0.5, 0.6) is 11.5 Å². The third kappa shape index (κ3) is 4.89. The van der Waals surface area contributed by atoms with Gasteiger partial charge in [-0.05, 0) is 66.2 Å². The number of ether oxygens (including phenoxy) is 1. The topological polar surface area (TPSA) is 37.1 Å². The average Bonchev–Trinajstić information content (AvgIpc) is 3.12. The fourth-order valence-electron chi connectivity index (χ4n) is 3.64. The quantitative estimate of drug-likeness (QED) is 0.375. The number of nitrogens with zero attached hydrogens (tertiary/aromatic N) is 3. The lowest BCUT2D eigenvalue weighted by Gasteiger charge is -2.24. The highest BCUT2D eigenvalue weighted by Crippen LogP contribution is 2.38. The molecule has 3 aromatic carbocycles. The molecule has 0 spiro atoms. The molecule has 5 nitrogen and oxygen atoms in total. The lowest BCUT2D eigenvalue weighted by molar-refractivity contribution is -0.137.